The Bertz CT molecular complexity index is 263. The van der Waals surface area contributed by atoms with Crippen molar-refractivity contribution in [3.05, 3.63) is 0 Å². The van der Waals surface area contributed by atoms with Crippen LogP contribution in [0.1, 0.15) is 39.0 Å². The van der Waals surface area contributed by atoms with Crippen molar-refractivity contribution in [3.63, 3.8) is 0 Å². The molecule has 0 bridgehead atoms. The minimum atomic E-state index is 0.220. The van der Waals surface area contributed by atoms with Crippen LogP contribution >= 0.6 is 0 Å². The number of piperidine rings is 1. The zero-order chi connectivity index (χ0) is 12.8. The number of nitrogens with zero attached hydrogens (tertiary/aromatic N) is 1. The molecule has 2 aliphatic rings. The van der Waals surface area contributed by atoms with Gasteiger partial charge in [0.15, 0.2) is 0 Å². The summed E-state index contributed by atoms with van der Waals surface area (Å²) in [5.41, 5.74) is 0. The first-order chi connectivity index (χ1) is 8.79. The lowest BCUT2D eigenvalue weighted by molar-refractivity contribution is -0.134. The molecule has 1 amide bonds. The van der Waals surface area contributed by atoms with Crippen LogP contribution < -0.4 is 5.32 Å². The lowest BCUT2D eigenvalue weighted by Gasteiger charge is -2.34. The molecule has 0 aromatic heterocycles. The van der Waals surface area contributed by atoms with Crippen LogP contribution in [0.4, 0.5) is 0 Å². The first-order valence-electron chi connectivity index (χ1n) is 7.38. The molecule has 4 heteroatoms. The largest absolute Gasteiger partial charge is 0.378 e. The molecule has 2 atom stereocenters. The number of nitrogens with one attached hydrogen (secondary N) is 1. The molecule has 2 unspecified atom stereocenters. The van der Waals surface area contributed by atoms with Crippen molar-refractivity contribution in [3.8, 4) is 0 Å². The fourth-order valence-electron chi connectivity index (χ4n) is 3.03. The molecule has 2 fully saturated rings. The first-order valence-corrected chi connectivity index (χ1v) is 7.38. The van der Waals surface area contributed by atoms with E-state index in [2.05, 4.69) is 17.1 Å². The quantitative estimate of drug-likeness (QED) is 0.824. The predicted molar refractivity (Wildman–Crippen MR) is 71.4 cm³/mol. The van der Waals surface area contributed by atoms with Gasteiger partial charge in [-0.1, -0.05) is 13.3 Å². The Hall–Kier alpha value is -0.610. The Morgan fingerprint density at radius 3 is 3.11 bits per heavy atom. The molecule has 0 aromatic carbocycles. The number of ether oxygens (including phenoxy) is 1. The zero-order valence-corrected chi connectivity index (χ0v) is 11.5. The van der Waals surface area contributed by atoms with Gasteiger partial charge in [-0.15, -0.1) is 0 Å². The van der Waals surface area contributed by atoms with Crippen LogP contribution in [0.3, 0.4) is 0 Å². The Labute approximate surface area is 110 Å². The summed E-state index contributed by atoms with van der Waals surface area (Å²) in [4.78, 5) is 14.3. The minimum absolute atomic E-state index is 0.220. The maximum atomic E-state index is 12.2. The van der Waals surface area contributed by atoms with Crippen molar-refractivity contribution in [2.75, 3.05) is 32.8 Å². The Morgan fingerprint density at radius 2 is 2.39 bits per heavy atom. The Morgan fingerprint density at radius 1 is 1.50 bits per heavy atom. The van der Waals surface area contributed by atoms with Crippen LogP contribution in [-0.2, 0) is 9.53 Å². The highest BCUT2D eigenvalue weighted by Crippen LogP contribution is 2.21. The van der Waals surface area contributed by atoms with Gasteiger partial charge in [-0.25, -0.2) is 0 Å². The Balaban J connectivity index is 1.76. The van der Waals surface area contributed by atoms with Crippen LogP contribution in [0.25, 0.3) is 0 Å². The van der Waals surface area contributed by atoms with E-state index >= 15 is 0 Å². The van der Waals surface area contributed by atoms with E-state index < -0.39 is 0 Å². The van der Waals surface area contributed by atoms with Crippen LogP contribution in [0, 0.1) is 5.92 Å². The summed E-state index contributed by atoms with van der Waals surface area (Å²) in [6.07, 6.45) is 5.55. The standard InChI is InChI=1S/C14H26N2O2/c1-2-4-12-5-3-7-16(10-12)14(17)9-13-11-18-8-6-15-13/h12-13,15H,2-11H2,1H3. The average Bonchev–Trinajstić information content (AvgIpc) is 2.40. The van der Waals surface area contributed by atoms with Gasteiger partial charge in [-0.3, -0.25) is 4.79 Å². The number of hydrogen-bond donors (Lipinski definition) is 1. The Kier molecular flexibility index (Phi) is 5.45. The maximum Gasteiger partial charge on any atom is 0.224 e. The summed E-state index contributed by atoms with van der Waals surface area (Å²) in [5.74, 6) is 1.03. The van der Waals surface area contributed by atoms with Gasteiger partial charge in [-0.05, 0) is 25.2 Å². The molecule has 2 aliphatic heterocycles. The summed E-state index contributed by atoms with van der Waals surface area (Å²) < 4.78 is 5.40. The molecular weight excluding hydrogens is 228 g/mol. The van der Waals surface area contributed by atoms with Crippen molar-refractivity contribution in [1.29, 1.82) is 0 Å². The van der Waals surface area contributed by atoms with Gasteiger partial charge < -0.3 is 15.0 Å². The van der Waals surface area contributed by atoms with E-state index in [4.69, 9.17) is 4.74 Å². The summed E-state index contributed by atoms with van der Waals surface area (Å²) >= 11 is 0. The van der Waals surface area contributed by atoms with Crippen molar-refractivity contribution in [2.45, 2.75) is 45.1 Å². The number of carbonyl (C=O) groups is 1. The van der Waals surface area contributed by atoms with E-state index in [1.54, 1.807) is 0 Å². The van der Waals surface area contributed by atoms with Gasteiger partial charge in [-0.2, -0.15) is 0 Å². The van der Waals surface area contributed by atoms with Gasteiger partial charge >= 0.3 is 0 Å². The molecule has 0 radical (unpaired) electrons. The fourth-order valence-corrected chi connectivity index (χ4v) is 3.03. The number of morpholine rings is 1. The van der Waals surface area contributed by atoms with Gasteiger partial charge in [0.05, 0.1) is 13.2 Å². The van der Waals surface area contributed by atoms with Crippen molar-refractivity contribution in [2.24, 2.45) is 5.92 Å². The molecule has 2 rings (SSSR count). The van der Waals surface area contributed by atoms with Crippen LogP contribution in [-0.4, -0.2) is 49.7 Å². The van der Waals surface area contributed by atoms with E-state index in [0.717, 1.165) is 32.2 Å². The van der Waals surface area contributed by atoms with Crippen LogP contribution in [0.2, 0.25) is 0 Å². The smallest absolute Gasteiger partial charge is 0.224 e. The lowest BCUT2D eigenvalue weighted by Crippen LogP contribution is -2.47. The molecule has 1 N–H and O–H groups in total. The predicted octanol–water partition coefficient (Wildman–Crippen LogP) is 1.40. The van der Waals surface area contributed by atoms with Crippen LogP contribution in [0.5, 0.6) is 0 Å². The van der Waals surface area contributed by atoms with E-state index in [9.17, 15) is 4.79 Å². The van der Waals surface area contributed by atoms with Gasteiger partial charge in [0.1, 0.15) is 0 Å². The number of likely N-dealkylation sites (tertiary alicyclic amines) is 1. The molecule has 18 heavy (non-hydrogen) atoms. The summed E-state index contributed by atoms with van der Waals surface area (Å²) in [7, 11) is 0. The van der Waals surface area contributed by atoms with Crippen molar-refractivity contribution < 1.29 is 9.53 Å². The van der Waals surface area contributed by atoms with Gasteiger partial charge in [0, 0.05) is 32.1 Å². The molecule has 0 saturated carbocycles. The third kappa shape index (κ3) is 3.95. The second kappa shape index (κ2) is 7.10. The summed E-state index contributed by atoms with van der Waals surface area (Å²) in [6, 6.07) is 0.220. The molecule has 104 valence electrons. The van der Waals surface area contributed by atoms with E-state index in [0.29, 0.717) is 18.9 Å². The second-order valence-corrected chi connectivity index (χ2v) is 5.57. The summed E-state index contributed by atoms with van der Waals surface area (Å²) in [6.45, 7) is 6.47. The topological polar surface area (TPSA) is 41.6 Å². The molecule has 0 aromatic rings. The summed E-state index contributed by atoms with van der Waals surface area (Å²) in [5, 5.41) is 3.35. The first kappa shape index (κ1) is 13.8. The second-order valence-electron chi connectivity index (χ2n) is 5.57. The highest BCUT2D eigenvalue weighted by molar-refractivity contribution is 5.77. The van der Waals surface area contributed by atoms with E-state index in [1.807, 2.05) is 0 Å². The van der Waals surface area contributed by atoms with Crippen molar-refractivity contribution >= 4 is 5.91 Å². The number of hydrogen-bond acceptors (Lipinski definition) is 3. The van der Waals surface area contributed by atoms with Crippen LogP contribution in [0.15, 0.2) is 0 Å². The molecule has 2 saturated heterocycles. The highest BCUT2D eigenvalue weighted by atomic mass is 16.5. The zero-order valence-electron chi connectivity index (χ0n) is 11.5. The molecule has 0 spiro atoms. The molecular formula is C14H26N2O2. The van der Waals surface area contributed by atoms with Crippen molar-refractivity contribution in [1.82, 2.24) is 10.2 Å². The fraction of sp³-hybridized carbons (Fsp3) is 0.929. The van der Waals surface area contributed by atoms with Gasteiger partial charge in [0.2, 0.25) is 5.91 Å². The highest BCUT2D eigenvalue weighted by Gasteiger charge is 2.25. The SMILES string of the molecule is CCCC1CCCN(C(=O)CC2COCCN2)C1. The maximum absolute atomic E-state index is 12.2. The molecule has 2 heterocycles. The molecule has 0 aliphatic carbocycles. The monoisotopic (exact) mass is 254 g/mol. The van der Waals surface area contributed by atoms with E-state index in [-0.39, 0.29) is 6.04 Å². The average molecular weight is 254 g/mol. The third-order valence-corrected chi connectivity index (χ3v) is 3.99. The lowest BCUT2D eigenvalue weighted by atomic mass is 9.93. The minimum Gasteiger partial charge on any atom is -0.378 e. The number of rotatable bonds is 4. The number of amides is 1. The van der Waals surface area contributed by atoms with E-state index in [1.165, 1.54) is 25.7 Å². The number of carbonyl (C=O) groups excluding carboxylic acids is 1. The van der Waals surface area contributed by atoms with Gasteiger partial charge in [0.25, 0.3) is 0 Å². The normalized spacial score (nSPS) is 29.3. The molecule has 4 nitrogen and oxygen atoms in total. The third-order valence-electron chi connectivity index (χ3n) is 3.99.